The Labute approximate surface area is 112 Å². The van der Waals surface area contributed by atoms with Crippen LogP contribution in [0.3, 0.4) is 0 Å². The van der Waals surface area contributed by atoms with Crippen molar-refractivity contribution in [3.05, 3.63) is 35.2 Å². The SMILES string of the molecule is CCN(CC)CCC(=O)c1cccc2ccsc12. The summed E-state index contributed by atoms with van der Waals surface area (Å²) in [4.78, 5) is 14.6. The summed E-state index contributed by atoms with van der Waals surface area (Å²) in [5.41, 5.74) is 0.884. The van der Waals surface area contributed by atoms with Crippen LogP contribution >= 0.6 is 11.3 Å². The van der Waals surface area contributed by atoms with E-state index in [1.807, 2.05) is 17.5 Å². The van der Waals surface area contributed by atoms with Gasteiger partial charge >= 0.3 is 0 Å². The van der Waals surface area contributed by atoms with Gasteiger partial charge in [0.2, 0.25) is 0 Å². The van der Waals surface area contributed by atoms with Gasteiger partial charge in [-0.25, -0.2) is 0 Å². The number of hydrogen-bond donors (Lipinski definition) is 0. The molecule has 1 aromatic carbocycles. The summed E-state index contributed by atoms with van der Waals surface area (Å²) in [5.74, 6) is 0.259. The standard InChI is InChI=1S/C15H19NOS/c1-3-16(4-2)10-8-14(17)13-7-5-6-12-9-11-18-15(12)13/h5-7,9,11H,3-4,8,10H2,1-2H3. The highest BCUT2D eigenvalue weighted by Gasteiger charge is 2.11. The molecule has 0 unspecified atom stereocenters. The molecule has 0 spiro atoms. The molecule has 0 atom stereocenters. The van der Waals surface area contributed by atoms with Crippen molar-refractivity contribution in [2.45, 2.75) is 20.3 Å². The predicted octanol–water partition coefficient (Wildman–Crippen LogP) is 3.82. The van der Waals surface area contributed by atoms with Crippen LogP contribution in [0, 0.1) is 0 Å². The van der Waals surface area contributed by atoms with Gasteiger partial charge in [0.15, 0.2) is 5.78 Å². The van der Waals surface area contributed by atoms with Gasteiger partial charge in [-0.1, -0.05) is 26.0 Å². The second-order valence-electron chi connectivity index (χ2n) is 4.34. The Morgan fingerprint density at radius 1 is 1.22 bits per heavy atom. The zero-order valence-corrected chi connectivity index (χ0v) is 11.8. The fourth-order valence-electron chi connectivity index (χ4n) is 2.15. The molecular weight excluding hydrogens is 242 g/mol. The summed E-state index contributed by atoms with van der Waals surface area (Å²) in [6.07, 6.45) is 0.610. The van der Waals surface area contributed by atoms with Crippen LogP contribution in [0.2, 0.25) is 0 Å². The zero-order valence-electron chi connectivity index (χ0n) is 11.0. The number of hydrogen-bond acceptors (Lipinski definition) is 3. The third kappa shape index (κ3) is 2.79. The minimum absolute atomic E-state index is 0.259. The second-order valence-corrected chi connectivity index (χ2v) is 5.26. The maximum absolute atomic E-state index is 12.3. The van der Waals surface area contributed by atoms with E-state index in [0.29, 0.717) is 6.42 Å². The Balaban J connectivity index is 2.11. The smallest absolute Gasteiger partial charge is 0.165 e. The Kier molecular flexibility index (Phi) is 4.50. The minimum atomic E-state index is 0.259. The lowest BCUT2D eigenvalue weighted by molar-refractivity contribution is 0.0968. The van der Waals surface area contributed by atoms with Crippen molar-refractivity contribution in [1.29, 1.82) is 0 Å². The molecule has 3 heteroatoms. The number of Topliss-reactive ketones (excluding diaryl/α,β-unsaturated/α-hetero) is 1. The van der Waals surface area contributed by atoms with E-state index in [1.54, 1.807) is 11.3 Å². The Bertz CT molecular complexity index is 528. The first-order valence-corrected chi connectivity index (χ1v) is 7.36. The maximum Gasteiger partial charge on any atom is 0.165 e. The molecule has 0 amide bonds. The van der Waals surface area contributed by atoms with E-state index in [0.717, 1.165) is 29.9 Å². The van der Waals surface area contributed by atoms with Gasteiger partial charge in [-0.2, -0.15) is 0 Å². The fourth-order valence-corrected chi connectivity index (χ4v) is 3.08. The van der Waals surface area contributed by atoms with Crippen molar-refractivity contribution < 1.29 is 4.79 Å². The van der Waals surface area contributed by atoms with E-state index in [4.69, 9.17) is 0 Å². The molecule has 2 aromatic rings. The molecule has 96 valence electrons. The van der Waals surface area contributed by atoms with Crippen LogP contribution in [0.5, 0.6) is 0 Å². The highest BCUT2D eigenvalue weighted by Crippen LogP contribution is 2.25. The van der Waals surface area contributed by atoms with E-state index in [9.17, 15) is 4.79 Å². The quantitative estimate of drug-likeness (QED) is 0.737. The Morgan fingerprint density at radius 2 is 2.00 bits per heavy atom. The third-order valence-electron chi connectivity index (χ3n) is 3.33. The number of benzene rings is 1. The van der Waals surface area contributed by atoms with Crippen LogP contribution in [0.15, 0.2) is 29.6 Å². The van der Waals surface area contributed by atoms with Crippen molar-refractivity contribution in [1.82, 2.24) is 4.90 Å². The van der Waals surface area contributed by atoms with Crippen LogP contribution < -0.4 is 0 Å². The van der Waals surface area contributed by atoms with Crippen LogP contribution in [-0.2, 0) is 0 Å². The van der Waals surface area contributed by atoms with Crippen LogP contribution in [0.1, 0.15) is 30.6 Å². The first-order chi connectivity index (χ1) is 8.76. The average molecular weight is 261 g/mol. The van der Waals surface area contributed by atoms with Gasteiger partial charge in [-0.3, -0.25) is 4.79 Å². The summed E-state index contributed by atoms with van der Waals surface area (Å²) in [7, 11) is 0. The molecule has 0 aliphatic rings. The topological polar surface area (TPSA) is 20.3 Å². The molecule has 0 fully saturated rings. The molecular formula is C15H19NOS. The molecule has 0 N–H and O–H groups in total. The van der Waals surface area contributed by atoms with Crippen LogP contribution in [-0.4, -0.2) is 30.3 Å². The van der Waals surface area contributed by atoms with Crippen molar-refractivity contribution in [3.63, 3.8) is 0 Å². The van der Waals surface area contributed by atoms with Crippen LogP contribution in [0.4, 0.5) is 0 Å². The normalized spacial score (nSPS) is 11.3. The molecule has 0 aliphatic heterocycles. The molecule has 0 radical (unpaired) electrons. The van der Waals surface area contributed by atoms with Crippen molar-refractivity contribution in [3.8, 4) is 0 Å². The minimum Gasteiger partial charge on any atom is -0.303 e. The molecule has 1 aromatic heterocycles. The summed E-state index contributed by atoms with van der Waals surface area (Å²) in [6, 6.07) is 8.05. The monoisotopic (exact) mass is 261 g/mol. The van der Waals surface area contributed by atoms with Gasteiger partial charge < -0.3 is 4.90 Å². The number of thiophene rings is 1. The molecule has 2 rings (SSSR count). The Morgan fingerprint density at radius 3 is 2.72 bits per heavy atom. The fraction of sp³-hybridized carbons (Fsp3) is 0.400. The van der Waals surface area contributed by atoms with Gasteiger partial charge in [0.25, 0.3) is 0 Å². The molecule has 0 saturated heterocycles. The number of carbonyl (C=O) groups is 1. The second kappa shape index (κ2) is 6.12. The molecule has 18 heavy (non-hydrogen) atoms. The highest BCUT2D eigenvalue weighted by molar-refractivity contribution is 7.17. The largest absolute Gasteiger partial charge is 0.303 e. The highest BCUT2D eigenvalue weighted by atomic mass is 32.1. The average Bonchev–Trinajstić information content (AvgIpc) is 2.87. The Hall–Kier alpha value is -1.19. The molecule has 0 bridgehead atoms. The van der Waals surface area contributed by atoms with Gasteiger partial charge in [0, 0.05) is 23.2 Å². The van der Waals surface area contributed by atoms with E-state index in [1.165, 1.54) is 5.39 Å². The zero-order chi connectivity index (χ0) is 13.0. The van der Waals surface area contributed by atoms with Gasteiger partial charge in [0.1, 0.15) is 0 Å². The van der Waals surface area contributed by atoms with E-state index in [-0.39, 0.29) is 5.78 Å². The molecule has 1 heterocycles. The van der Waals surface area contributed by atoms with E-state index in [2.05, 4.69) is 30.9 Å². The maximum atomic E-state index is 12.3. The number of carbonyl (C=O) groups excluding carboxylic acids is 1. The van der Waals surface area contributed by atoms with Gasteiger partial charge in [-0.05, 0) is 36.0 Å². The first-order valence-electron chi connectivity index (χ1n) is 6.48. The summed E-state index contributed by atoms with van der Waals surface area (Å²) in [6.45, 7) is 7.13. The summed E-state index contributed by atoms with van der Waals surface area (Å²) >= 11 is 1.65. The number of ketones is 1. The summed E-state index contributed by atoms with van der Waals surface area (Å²) < 4.78 is 1.13. The first kappa shape index (κ1) is 13.2. The third-order valence-corrected chi connectivity index (χ3v) is 4.29. The van der Waals surface area contributed by atoms with Crippen molar-refractivity contribution >= 4 is 27.2 Å². The lowest BCUT2D eigenvalue weighted by Crippen LogP contribution is -2.25. The van der Waals surface area contributed by atoms with Gasteiger partial charge in [-0.15, -0.1) is 11.3 Å². The number of rotatable bonds is 6. The lowest BCUT2D eigenvalue weighted by atomic mass is 10.1. The molecule has 0 aliphatic carbocycles. The summed E-state index contributed by atoms with van der Waals surface area (Å²) in [5, 5.41) is 3.22. The van der Waals surface area contributed by atoms with E-state index >= 15 is 0 Å². The predicted molar refractivity (Wildman–Crippen MR) is 78.6 cm³/mol. The number of fused-ring (bicyclic) bond motifs is 1. The van der Waals surface area contributed by atoms with Crippen molar-refractivity contribution in [2.75, 3.05) is 19.6 Å². The van der Waals surface area contributed by atoms with Crippen molar-refractivity contribution in [2.24, 2.45) is 0 Å². The molecule has 2 nitrogen and oxygen atoms in total. The molecule has 0 saturated carbocycles. The van der Waals surface area contributed by atoms with Gasteiger partial charge in [0.05, 0.1) is 0 Å². The van der Waals surface area contributed by atoms with Crippen LogP contribution in [0.25, 0.3) is 10.1 Å². The van der Waals surface area contributed by atoms with E-state index < -0.39 is 0 Å². The number of nitrogens with zero attached hydrogens (tertiary/aromatic N) is 1. The lowest BCUT2D eigenvalue weighted by Gasteiger charge is -2.17.